The molecule has 0 atom stereocenters. The highest BCUT2D eigenvalue weighted by Crippen LogP contribution is 2.10. The van der Waals surface area contributed by atoms with Gasteiger partial charge < -0.3 is 0 Å². The summed E-state index contributed by atoms with van der Waals surface area (Å²) >= 11 is 0. The fraction of sp³-hybridized carbons (Fsp3) is 0.235. The number of hydrogen-bond acceptors (Lipinski definition) is 3. The predicted octanol–water partition coefficient (Wildman–Crippen LogP) is 2.94. The van der Waals surface area contributed by atoms with E-state index >= 15 is 0 Å². The summed E-state index contributed by atoms with van der Waals surface area (Å²) in [5, 5.41) is 0. The average molecular weight is 317 g/mol. The second-order valence-electron chi connectivity index (χ2n) is 5.10. The van der Waals surface area contributed by atoms with Gasteiger partial charge in [0.1, 0.15) is 0 Å². The number of sulfonamides is 1. The SMILES string of the molecule is Cc1ccc(S(=O)(=O)NCCCC(=O)c2ccccc2)cc1. The molecule has 0 heterocycles. The maximum absolute atomic E-state index is 12.1. The van der Waals surface area contributed by atoms with Crippen LogP contribution in [0.5, 0.6) is 0 Å². The minimum Gasteiger partial charge on any atom is -0.294 e. The van der Waals surface area contributed by atoms with Gasteiger partial charge in [-0.1, -0.05) is 48.0 Å². The number of Topliss-reactive ketones (excluding diaryl/α,β-unsaturated/α-hetero) is 1. The van der Waals surface area contributed by atoms with Crippen LogP contribution in [0.15, 0.2) is 59.5 Å². The molecule has 0 spiro atoms. The van der Waals surface area contributed by atoms with Crippen molar-refractivity contribution in [3.63, 3.8) is 0 Å². The number of ketones is 1. The second kappa shape index (κ2) is 7.33. The maximum atomic E-state index is 12.1. The molecule has 0 aliphatic heterocycles. The highest BCUT2D eigenvalue weighted by Gasteiger charge is 2.13. The summed E-state index contributed by atoms with van der Waals surface area (Å²) in [5.41, 5.74) is 1.66. The van der Waals surface area contributed by atoms with E-state index in [9.17, 15) is 13.2 Å². The van der Waals surface area contributed by atoms with Gasteiger partial charge in [-0.3, -0.25) is 4.79 Å². The van der Waals surface area contributed by atoms with E-state index in [4.69, 9.17) is 0 Å². The van der Waals surface area contributed by atoms with Gasteiger partial charge in [0.25, 0.3) is 0 Å². The first-order chi connectivity index (χ1) is 10.5. The lowest BCUT2D eigenvalue weighted by atomic mass is 10.1. The third-order valence-electron chi connectivity index (χ3n) is 3.30. The van der Waals surface area contributed by atoms with Crippen LogP contribution < -0.4 is 4.72 Å². The Morgan fingerprint density at radius 2 is 1.64 bits per heavy atom. The van der Waals surface area contributed by atoms with Crippen molar-refractivity contribution in [3.8, 4) is 0 Å². The topological polar surface area (TPSA) is 63.2 Å². The van der Waals surface area contributed by atoms with Crippen LogP contribution in [0.25, 0.3) is 0 Å². The molecular formula is C17H19NO3S. The molecule has 0 radical (unpaired) electrons. The molecule has 0 saturated heterocycles. The lowest BCUT2D eigenvalue weighted by Crippen LogP contribution is -2.25. The van der Waals surface area contributed by atoms with E-state index in [1.54, 1.807) is 36.4 Å². The second-order valence-corrected chi connectivity index (χ2v) is 6.87. The fourth-order valence-electron chi connectivity index (χ4n) is 2.02. The highest BCUT2D eigenvalue weighted by atomic mass is 32.2. The van der Waals surface area contributed by atoms with E-state index in [0.717, 1.165) is 5.56 Å². The Morgan fingerprint density at radius 1 is 1.00 bits per heavy atom. The Morgan fingerprint density at radius 3 is 2.27 bits per heavy atom. The molecule has 0 fully saturated rings. The van der Waals surface area contributed by atoms with Crippen LogP contribution in [-0.2, 0) is 10.0 Å². The van der Waals surface area contributed by atoms with Gasteiger partial charge >= 0.3 is 0 Å². The minimum absolute atomic E-state index is 0.0233. The number of rotatable bonds is 7. The van der Waals surface area contributed by atoms with Crippen molar-refractivity contribution in [2.75, 3.05) is 6.54 Å². The van der Waals surface area contributed by atoms with Crippen molar-refractivity contribution < 1.29 is 13.2 Å². The molecule has 5 heteroatoms. The molecule has 2 aromatic carbocycles. The molecule has 2 aromatic rings. The number of carbonyl (C=O) groups excluding carboxylic acids is 1. The molecule has 0 saturated carbocycles. The first kappa shape index (κ1) is 16.4. The molecule has 22 heavy (non-hydrogen) atoms. The van der Waals surface area contributed by atoms with E-state index < -0.39 is 10.0 Å². The Kier molecular flexibility index (Phi) is 5.46. The Bertz CT molecular complexity index is 722. The molecule has 0 aliphatic rings. The Balaban J connectivity index is 1.83. The van der Waals surface area contributed by atoms with Gasteiger partial charge in [-0.15, -0.1) is 0 Å². The first-order valence-electron chi connectivity index (χ1n) is 7.13. The molecule has 116 valence electrons. The number of benzene rings is 2. The summed E-state index contributed by atoms with van der Waals surface area (Å²) in [6, 6.07) is 15.7. The van der Waals surface area contributed by atoms with E-state index in [2.05, 4.69) is 4.72 Å². The van der Waals surface area contributed by atoms with E-state index in [0.29, 0.717) is 18.4 Å². The summed E-state index contributed by atoms with van der Waals surface area (Å²) in [4.78, 5) is 12.1. The van der Waals surface area contributed by atoms with Gasteiger partial charge in [0, 0.05) is 18.5 Å². The number of nitrogens with one attached hydrogen (secondary N) is 1. The lowest BCUT2D eigenvalue weighted by molar-refractivity contribution is 0.0980. The van der Waals surface area contributed by atoms with Crippen LogP contribution in [0.3, 0.4) is 0 Å². The quantitative estimate of drug-likeness (QED) is 0.631. The van der Waals surface area contributed by atoms with Crippen molar-refractivity contribution in [2.24, 2.45) is 0 Å². The van der Waals surface area contributed by atoms with Gasteiger partial charge in [0.05, 0.1) is 4.90 Å². The monoisotopic (exact) mass is 317 g/mol. The normalized spacial score (nSPS) is 11.3. The fourth-order valence-corrected chi connectivity index (χ4v) is 3.10. The maximum Gasteiger partial charge on any atom is 0.240 e. The molecule has 0 aliphatic carbocycles. The van der Waals surface area contributed by atoms with Crippen LogP contribution in [0, 0.1) is 6.92 Å². The van der Waals surface area contributed by atoms with Gasteiger partial charge in [0.15, 0.2) is 5.78 Å². The zero-order chi connectivity index (χ0) is 16.0. The van der Waals surface area contributed by atoms with Gasteiger partial charge in [-0.2, -0.15) is 0 Å². The lowest BCUT2D eigenvalue weighted by Gasteiger charge is -2.07. The van der Waals surface area contributed by atoms with Crippen molar-refractivity contribution in [3.05, 3.63) is 65.7 Å². The zero-order valence-electron chi connectivity index (χ0n) is 12.5. The zero-order valence-corrected chi connectivity index (χ0v) is 13.3. The van der Waals surface area contributed by atoms with E-state index in [1.807, 2.05) is 25.1 Å². The van der Waals surface area contributed by atoms with Crippen LogP contribution in [0.2, 0.25) is 0 Å². The number of aryl methyl sites for hydroxylation is 1. The molecular weight excluding hydrogens is 298 g/mol. The van der Waals surface area contributed by atoms with Crippen LogP contribution in [0.1, 0.15) is 28.8 Å². The first-order valence-corrected chi connectivity index (χ1v) is 8.62. The Labute approximate surface area is 131 Å². The van der Waals surface area contributed by atoms with Gasteiger partial charge in [-0.05, 0) is 25.5 Å². The van der Waals surface area contributed by atoms with Crippen LogP contribution >= 0.6 is 0 Å². The summed E-state index contributed by atoms with van der Waals surface area (Å²) in [6.45, 7) is 2.15. The largest absolute Gasteiger partial charge is 0.294 e. The van der Waals surface area contributed by atoms with E-state index in [1.165, 1.54) is 0 Å². The molecule has 0 bridgehead atoms. The highest BCUT2D eigenvalue weighted by molar-refractivity contribution is 7.89. The van der Waals surface area contributed by atoms with Crippen LogP contribution in [0.4, 0.5) is 0 Å². The summed E-state index contributed by atoms with van der Waals surface area (Å²) in [5.74, 6) is 0.0233. The minimum atomic E-state index is -3.50. The predicted molar refractivity (Wildman–Crippen MR) is 86.4 cm³/mol. The van der Waals surface area contributed by atoms with Crippen LogP contribution in [-0.4, -0.2) is 20.7 Å². The molecule has 1 N–H and O–H groups in total. The third kappa shape index (κ3) is 4.51. The van der Waals surface area contributed by atoms with Crippen molar-refractivity contribution in [1.29, 1.82) is 0 Å². The average Bonchev–Trinajstić information content (AvgIpc) is 2.52. The summed E-state index contributed by atoms with van der Waals surface area (Å²) in [7, 11) is -3.50. The van der Waals surface area contributed by atoms with Gasteiger partial charge in [0.2, 0.25) is 10.0 Å². The smallest absolute Gasteiger partial charge is 0.240 e. The number of hydrogen-bond donors (Lipinski definition) is 1. The van der Waals surface area contributed by atoms with Crippen molar-refractivity contribution >= 4 is 15.8 Å². The Hall–Kier alpha value is -1.98. The molecule has 0 aromatic heterocycles. The van der Waals surface area contributed by atoms with Crippen molar-refractivity contribution in [2.45, 2.75) is 24.7 Å². The van der Waals surface area contributed by atoms with Crippen molar-refractivity contribution in [1.82, 2.24) is 4.72 Å². The number of carbonyl (C=O) groups is 1. The molecule has 2 rings (SSSR count). The molecule has 0 amide bonds. The molecule has 4 nitrogen and oxygen atoms in total. The standard InChI is InChI=1S/C17H19NO3S/c1-14-9-11-16(12-10-14)22(20,21)18-13-5-8-17(19)15-6-3-2-4-7-15/h2-4,6-7,9-12,18H,5,8,13H2,1H3. The molecule has 0 unspecified atom stereocenters. The summed E-state index contributed by atoms with van der Waals surface area (Å²) in [6.07, 6.45) is 0.791. The third-order valence-corrected chi connectivity index (χ3v) is 4.78. The summed E-state index contributed by atoms with van der Waals surface area (Å²) < 4.78 is 26.6. The van der Waals surface area contributed by atoms with Gasteiger partial charge in [-0.25, -0.2) is 13.1 Å². The van der Waals surface area contributed by atoms with E-state index in [-0.39, 0.29) is 17.2 Å².